The van der Waals surface area contributed by atoms with Gasteiger partial charge in [-0.05, 0) is 26.0 Å². The van der Waals surface area contributed by atoms with Gasteiger partial charge in [0.2, 0.25) is 0 Å². The van der Waals surface area contributed by atoms with Gasteiger partial charge in [0.15, 0.2) is 11.6 Å². The Morgan fingerprint density at radius 2 is 1.85 bits per heavy atom. The van der Waals surface area contributed by atoms with E-state index in [0.29, 0.717) is 13.2 Å². The first-order chi connectivity index (χ1) is 12.3. The van der Waals surface area contributed by atoms with Crippen LogP contribution in [0.3, 0.4) is 0 Å². The number of hydrogen-bond acceptors (Lipinski definition) is 8. The van der Waals surface area contributed by atoms with Gasteiger partial charge >= 0.3 is 12.2 Å². The molecule has 1 atom stereocenters. The lowest BCUT2D eigenvalue weighted by atomic mass is 10.1. The van der Waals surface area contributed by atoms with Crippen molar-refractivity contribution in [2.45, 2.75) is 32.1 Å². The highest BCUT2D eigenvalue weighted by Gasteiger charge is 2.29. The van der Waals surface area contributed by atoms with Crippen molar-refractivity contribution in [3.05, 3.63) is 24.4 Å². The van der Waals surface area contributed by atoms with Gasteiger partial charge in [-0.3, -0.25) is 9.69 Å². The summed E-state index contributed by atoms with van der Waals surface area (Å²) in [5.41, 5.74) is 0. The van der Waals surface area contributed by atoms with Gasteiger partial charge in [0.1, 0.15) is 0 Å². The van der Waals surface area contributed by atoms with Crippen LogP contribution >= 0.6 is 0 Å². The number of nitrogens with zero attached hydrogens (tertiary/aromatic N) is 1. The van der Waals surface area contributed by atoms with E-state index in [0.717, 1.165) is 0 Å². The van der Waals surface area contributed by atoms with Crippen molar-refractivity contribution in [2.24, 2.45) is 0 Å². The fourth-order valence-corrected chi connectivity index (χ4v) is 2.16. The number of allylic oxidation sites excluding steroid dienone is 1. The first kappa shape index (κ1) is 21.7. The summed E-state index contributed by atoms with van der Waals surface area (Å²) < 4.78 is 25.1. The molecule has 1 rings (SSSR count). The fourth-order valence-electron chi connectivity index (χ4n) is 2.16. The van der Waals surface area contributed by atoms with Gasteiger partial charge in [0.25, 0.3) is 0 Å². The molecule has 0 N–H and O–H groups in total. The minimum Gasteiger partial charge on any atom is -0.452 e. The number of methoxy groups -OCH3 is 2. The molecule has 1 unspecified atom stereocenters. The third-order valence-corrected chi connectivity index (χ3v) is 3.49. The predicted octanol–water partition coefficient (Wildman–Crippen LogP) is 2.02. The van der Waals surface area contributed by atoms with Crippen molar-refractivity contribution in [3.63, 3.8) is 0 Å². The van der Waals surface area contributed by atoms with Crippen molar-refractivity contribution >= 4 is 18.0 Å². The van der Waals surface area contributed by atoms with Crippen LogP contribution in [0.15, 0.2) is 24.4 Å². The van der Waals surface area contributed by atoms with E-state index in [9.17, 15) is 14.4 Å². The molecule has 0 bridgehead atoms. The molecule has 26 heavy (non-hydrogen) atoms. The second-order valence-corrected chi connectivity index (χ2v) is 5.53. The molecule has 9 nitrogen and oxygen atoms in total. The quantitative estimate of drug-likeness (QED) is 0.363. The highest BCUT2D eigenvalue weighted by molar-refractivity contribution is 5.87. The molecular formula is C17H25NO8. The highest BCUT2D eigenvalue weighted by Crippen LogP contribution is 2.21. The highest BCUT2D eigenvalue weighted by atomic mass is 16.7. The van der Waals surface area contributed by atoms with Gasteiger partial charge in [0, 0.05) is 12.6 Å². The average Bonchev–Trinajstić information content (AvgIpc) is 3.05. The maximum Gasteiger partial charge on any atom is 0.507 e. The van der Waals surface area contributed by atoms with Crippen LogP contribution in [0.1, 0.15) is 20.3 Å². The van der Waals surface area contributed by atoms with E-state index in [1.807, 2.05) is 0 Å². The molecule has 0 aromatic carbocycles. The first-order valence-corrected chi connectivity index (χ1v) is 8.04. The summed E-state index contributed by atoms with van der Waals surface area (Å²) in [6.45, 7) is 4.01. The predicted molar refractivity (Wildman–Crippen MR) is 90.3 cm³/mol. The Kier molecular flexibility index (Phi) is 8.80. The Morgan fingerprint density at radius 3 is 2.38 bits per heavy atom. The molecule has 0 spiro atoms. The number of carbonyl (C=O) groups excluding carboxylic acids is 3. The summed E-state index contributed by atoms with van der Waals surface area (Å²) in [4.78, 5) is 35.7. The third-order valence-electron chi connectivity index (χ3n) is 3.49. The third kappa shape index (κ3) is 7.24. The Hall–Kier alpha value is -2.39. The van der Waals surface area contributed by atoms with Gasteiger partial charge < -0.3 is 23.7 Å². The molecule has 0 aromatic heterocycles. The summed E-state index contributed by atoms with van der Waals surface area (Å²) in [7, 11) is 2.43. The topological polar surface area (TPSA) is 101 Å². The second kappa shape index (κ2) is 10.6. The zero-order valence-corrected chi connectivity index (χ0v) is 15.4. The zero-order valence-electron chi connectivity index (χ0n) is 15.4. The summed E-state index contributed by atoms with van der Waals surface area (Å²) in [6.07, 6.45) is 4.63. The smallest absolute Gasteiger partial charge is 0.452 e. The Morgan fingerprint density at radius 1 is 1.19 bits per heavy atom. The van der Waals surface area contributed by atoms with Crippen LogP contribution in [0, 0.1) is 0 Å². The molecule has 0 aliphatic carbocycles. The summed E-state index contributed by atoms with van der Waals surface area (Å²) in [5, 5.41) is 0. The lowest BCUT2D eigenvalue weighted by Gasteiger charge is -2.26. The molecule has 146 valence electrons. The summed E-state index contributed by atoms with van der Waals surface area (Å²) in [6, 6.07) is -0.577. The van der Waals surface area contributed by atoms with Crippen LogP contribution in [0.4, 0.5) is 9.59 Å². The zero-order chi connectivity index (χ0) is 19.6. The standard InChI is InChI=1S/C17H25NO8/c1-13(19)6-9-18(15(20)22-3)14(7-10-24-16(21)23-4)5-8-17(2)25-11-12-26-17/h5-6,8-9,14H,7,10-12H2,1-4H3/b8-5+,9-6+. The molecule has 1 aliphatic heterocycles. The minimum atomic E-state index is -0.909. The maximum absolute atomic E-state index is 12.1. The molecule has 1 fully saturated rings. The van der Waals surface area contributed by atoms with Crippen molar-refractivity contribution in [1.82, 2.24) is 4.90 Å². The van der Waals surface area contributed by atoms with E-state index in [-0.39, 0.29) is 18.8 Å². The number of carbonyl (C=O) groups is 3. The van der Waals surface area contributed by atoms with E-state index < -0.39 is 24.1 Å². The van der Waals surface area contributed by atoms with Crippen LogP contribution in [0.25, 0.3) is 0 Å². The molecule has 0 aromatic rings. The van der Waals surface area contributed by atoms with Gasteiger partial charge in [-0.15, -0.1) is 0 Å². The molecule has 1 aliphatic rings. The fraction of sp³-hybridized carbons (Fsp3) is 0.588. The SMILES string of the molecule is COC(=O)OCCC(/C=C/C1(C)OCCO1)N(/C=C/C(C)=O)C(=O)OC. The Labute approximate surface area is 152 Å². The van der Waals surface area contributed by atoms with Gasteiger partial charge in [-0.25, -0.2) is 9.59 Å². The van der Waals surface area contributed by atoms with Crippen LogP contribution < -0.4 is 0 Å². The van der Waals surface area contributed by atoms with E-state index in [1.165, 1.54) is 38.3 Å². The second-order valence-electron chi connectivity index (χ2n) is 5.53. The molecule has 0 saturated carbocycles. The lowest BCUT2D eigenvalue weighted by Crippen LogP contribution is -2.37. The minimum absolute atomic E-state index is 0.0124. The molecule has 9 heteroatoms. The lowest BCUT2D eigenvalue weighted by molar-refractivity contribution is -0.112. The number of amides is 1. The van der Waals surface area contributed by atoms with Crippen molar-refractivity contribution in [3.8, 4) is 0 Å². The van der Waals surface area contributed by atoms with Gasteiger partial charge in [-0.1, -0.05) is 6.08 Å². The molecule has 0 radical (unpaired) electrons. The number of ether oxygens (including phenoxy) is 5. The largest absolute Gasteiger partial charge is 0.507 e. The van der Waals surface area contributed by atoms with Crippen molar-refractivity contribution in [1.29, 1.82) is 0 Å². The van der Waals surface area contributed by atoms with Crippen LogP contribution in [-0.4, -0.2) is 68.8 Å². The monoisotopic (exact) mass is 371 g/mol. The van der Waals surface area contributed by atoms with Crippen molar-refractivity contribution < 1.29 is 38.1 Å². The number of ketones is 1. The van der Waals surface area contributed by atoms with E-state index in [1.54, 1.807) is 19.1 Å². The number of hydrogen-bond donors (Lipinski definition) is 0. The Bertz CT molecular complexity index is 551. The van der Waals surface area contributed by atoms with Gasteiger partial charge in [0.05, 0.1) is 40.1 Å². The molecule has 1 heterocycles. The first-order valence-electron chi connectivity index (χ1n) is 8.04. The van der Waals surface area contributed by atoms with E-state index >= 15 is 0 Å². The summed E-state index contributed by atoms with van der Waals surface area (Å²) in [5.74, 6) is -1.14. The van der Waals surface area contributed by atoms with E-state index in [4.69, 9.17) is 18.9 Å². The molecular weight excluding hydrogens is 346 g/mol. The average molecular weight is 371 g/mol. The normalized spacial score (nSPS) is 17.2. The van der Waals surface area contributed by atoms with Crippen LogP contribution in [0.5, 0.6) is 0 Å². The maximum atomic E-state index is 12.1. The van der Waals surface area contributed by atoms with Crippen LogP contribution in [0.2, 0.25) is 0 Å². The molecule has 1 amide bonds. The van der Waals surface area contributed by atoms with E-state index in [2.05, 4.69) is 4.74 Å². The summed E-state index contributed by atoms with van der Waals surface area (Å²) >= 11 is 0. The Balaban J connectivity index is 2.96. The molecule has 1 saturated heterocycles. The number of rotatable bonds is 8. The van der Waals surface area contributed by atoms with Crippen molar-refractivity contribution in [2.75, 3.05) is 34.0 Å². The van der Waals surface area contributed by atoms with Crippen LogP contribution in [-0.2, 0) is 28.5 Å². The van der Waals surface area contributed by atoms with Gasteiger partial charge in [-0.2, -0.15) is 0 Å².